The number of hydrogen-bond donors (Lipinski definition) is 1. The van der Waals surface area contributed by atoms with Crippen molar-refractivity contribution >= 4 is 44.3 Å². The fourth-order valence-corrected chi connectivity index (χ4v) is 5.90. The molecule has 126 valence electrons. The predicted octanol–water partition coefficient (Wildman–Crippen LogP) is 4.62. The van der Waals surface area contributed by atoms with Gasteiger partial charge in [0, 0.05) is 17.0 Å². The normalized spacial score (nSPS) is 11.8. The van der Waals surface area contributed by atoms with Crippen molar-refractivity contribution in [2.75, 3.05) is 0 Å². The minimum Gasteiger partial charge on any atom is -0.241 e. The predicted molar refractivity (Wildman–Crippen MR) is 100 cm³/mol. The van der Waals surface area contributed by atoms with Crippen LogP contribution in [0.2, 0.25) is 4.34 Å². The molecule has 0 saturated carbocycles. The van der Waals surface area contributed by atoms with Crippen molar-refractivity contribution in [3.8, 4) is 10.6 Å². The number of halogens is 1. The summed E-state index contributed by atoms with van der Waals surface area (Å²) in [6.07, 6.45) is 0. The van der Waals surface area contributed by atoms with E-state index >= 15 is 0 Å². The van der Waals surface area contributed by atoms with Gasteiger partial charge in [-0.25, -0.2) is 18.1 Å². The summed E-state index contributed by atoms with van der Waals surface area (Å²) in [4.78, 5) is 5.49. The van der Waals surface area contributed by atoms with Crippen LogP contribution < -0.4 is 4.72 Å². The Morgan fingerprint density at radius 3 is 2.54 bits per heavy atom. The van der Waals surface area contributed by atoms with Crippen LogP contribution >= 0.6 is 34.3 Å². The maximum Gasteiger partial charge on any atom is 0.250 e. The van der Waals surface area contributed by atoms with E-state index in [0.717, 1.165) is 38.0 Å². The van der Waals surface area contributed by atoms with Crippen LogP contribution in [0.4, 0.5) is 0 Å². The zero-order chi connectivity index (χ0) is 17.3. The molecule has 1 aromatic carbocycles. The molecule has 24 heavy (non-hydrogen) atoms. The molecule has 0 saturated heterocycles. The zero-order valence-corrected chi connectivity index (χ0v) is 16.2. The van der Waals surface area contributed by atoms with Gasteiger partial charge in [-0.3, -0.25) is 0 Å². The van der Waals surface area contributed by atoms with Gasteiger partial charge in [0.1, 0.15) is 9.22 Å². The van der Waals surface area contributed by atoms with Crippen LogP contribution in [-0.4, -0.2) is 13.4 Å². The molecule has 4 nitrogen and oxygen atoms in total. The van der Waals surface area contributed by atoms with E-state index in [9.17, 15) is 8.42 Å². The molecule has 0 aliphatic rings. The highest BCUT2D eigenvalue weighted by molar-refractivity contribution is 7.91. The van der Waals surface area contributed by atoms with Gasteiger partial charge in [0.25, 0.3) is 0 Å². The van der Waals surface area contributed by atoms with Crippen LogP contribution in [0, 0.1) is 13.8 Å². The lowest BCUT2D eigenvalue weighted by atomic mass is 10.1. The van der Waals surface area contributed by atoms with Crippen LogP contribution in [0.15, 0.2) is 40.6 Å². The Morgan fingerprint density at radius 1 is 1.12 bits per heavy atom. The standard InChI is InChI=1S/C16H15ClN2O2S3/c1-10-5-3-4-6-12(10)16-19-11(2)13(22-16)9-18-24(20,21)15-8-7-14(17)23-15/h3-8,18H,9H2,1-2H3. The van der Waals surface area contributed by atoms with Crippen LogP contribution in [0.1, 0.15) is 16.1 Å². The van der Waals surface area contributed by atoms with E-state index in [-0.39, 0.29) is 10.8 Å². The third-order valence-electron chi connectivity index (χ3n) is 3.50. The maximum absolute atomic E-state index is 12.3. The van der Waals surface area contributed by atoms with Gasteiger partial charge in [-0.2, -0.15) is 0 Å². The minimum absolute atomic E-state index is 0.216. The maximum atomic E-state index is 12.3. The molecule has 0 fully saturated rings. The number of nitrogens with one attached hydrogen (secondary N) is 1. The van der Waals surface area contributed by atoms with E-state index in [4.69, 9.17) is 11.6 Å². The summed E-state index contributed by atoms with van der Waals surface area (Å²) >= 11 is 8.36. The van der Waals surface area contributed by atoms with Crippen LogP contribution in [-0.2, 0) is 16.6 Å². The first-order valence-corrected chi connectivity index (χ1v) is 10.6. The summed E-state index contributed by atoms with van der Waals surface area (Å²) in [5, 5.41) is 0.902. The first-order chi connectivity index (χ1) is 11.4. The third kappa shape index (κ3) is 3.70. The van der Waals surface area contributed by atoms with E-state index in [2.05, 4.69) is 9.71 Å². The van der Waals surface area contributed by atoms with Crippen molar-refractivity contribution in [3.63, 3.8) is 0 Å². The van der Waals surface area contributed by atoms with Crippen molar-refractivity contribution in [1.82, 2.24) is 9.71 Å². The number of benzene rings is 1. The second-order valence-electron chi connectivity index (χ2n) is 5.23. The van der Waals surface area contributed by atoms with Crippen molar-refractivity contribution < 1.29 is 8.42 Å². The van der Waals surface area contributed by atoms with E-state index < -0.39 is 10.0 Å². The number of nitrogens with zero attached hydrogens (tertiary/aromatic N) is 1. The molecule has 1 N–H and O–H groups in total. The fraction of sp³-hybridized carbons (Fsp3) is 0.188. The highest BCUT2D eigenvalue weighted by atomic mass is 35.5. The number of thiophene rings is 1. The molecule has 3 rings (SSSR count). The molecule has 0 bridgehead atoms. The lowest BCUT2D eigenvalue weighted by molar-refractivity contribution is 0.584. The number of hydrogen-bond acceptors (Lipinski definition) is 5. The second kappa shape index (κ2) is 6.93. The molecular formula is C16H15ClN2O2S3. The first-order valence-electron chi connectivity index (χ1n) is 7.14. The van der Waals surface area contributed by atoms with Crippen LogP contribution in [0.5, 0.6) is 0 Å². The SMILES string of the molecule is Cc1ccccc1-c1nc(C)c(CNS(=O)(=O)c2ccc(Cl)s2)s1. The molecule has 0 radical (unpaired) electrons. The molecule has 3 aromatic rings. The Bertz CT molecular complexity index is 977. The quantitative estimate of drug-likeness (QED) is 0.682. The lowest BCUT2D eigenvalue weighted by Crippen LogP contribution is -2.22. The monoisotopic (exact) mass is 398 g/mol. The van der Waals surface area contributed by atoms with Crippen molar-refractivity contribution in [3.05, 3.63) is 56.9 Å². The Labute approximate surface area is 154 Å². The summed E-state index contributed by atoms with van der Waals surface area (Å²) in [6.45, 7) is 4.14. The van der Waals surface area contributed by atoms with Crippen molar-refractivity contribution in [2.45, 2.75) is 24.6 Å². The van der Waals surface area contributed by atoms with E-state index in [1.807, 2.05) is 38.1 Å². The fourth-order valence-electron chi connectivity index (χ4n) is 2.19. The third-order valence-corrected chi connectivity index (χ3v) is 7.82. The van der Waals surface area contributed by atoms with Gasteiger partial charge >= 0.3 is 0 Å². The molecule has 0 atom stereocenters. The van der Waals surface area contributed by atoms with Gasteiger partial charge in [0.05, 0.1) is 10.0 Å². The molecule has 8 heteroatoms. The summed E-state index contributed by atoms with van der Waals surface area (Å²) in [7, 11) is -3.55. The van der Waals surface area contributed by atoms with E-state index in [1.54, 1.807) is 6.07 Å². The molecule has 0 amide bonds. The molecular weight excluding hydrogens is 384 g/mol. The van der Waals surface area contributed by atoms with Gasteiger partial charge in [0.15, 0.2) is 0 Å². The lowest BCUT2D eigenvalue weighted by Gasteiger charge is -2.03. The molecule has 2 heterocycles. The summed E-state index contributed by atoms with van der Waals surface area (Å²) in [6, 6.07) is 11.1. The topological polar surface area (TPSA) is 59.1 Å². The average molecular weight is 399 g/mol. The molecule has 0 unspecified atom stereocenters. The molecule has 0 spiro atoms. The Morgan fingerprint density at radius 2 is 1.88 bits per heavy atom. The first kappa shape index (κ1) is 17.6. The van der Waals surface area contributed by atoms with Crippen molar-refractivity contribution in [1.29, 1.82) is 0 Å². The second-order valence-corrected chi connectivity index (χ2v) is 10.0. The highest BCUT2D eigenvalue weighted by Crippen LogP contribution is 2.30. The van der Waals surface area contributed by atoms with Gasteiger partial charge in [-0.15, -0.1) is 22.7 Å². The summed E-state index contributed by atoms with van der Waals surface area (Å²) in [5.41, 5.74) is 3.06. The Kier molecular flexibility index (Phi) is 5.08. The molecule has 0 aliphatic heterocycles. The van der Waals surface area contributed by atoms with E-state index in [0.29, 0.717) is 4.34 Å². The van der Waals surface area contributed by atoms with Gasteiger partial charge in [-0.1, -0.05) is 35.9 Å². The minimum atomic E-state index is -3.55. The van der Waals surface area contributed by atoms with Gasteiger partial charge in [0.2, 0.25) is 10.0 Å². The Hall–Kier alpha value is -1.25. The number of sulfonamides is 1. The van der Waals surface area contributed by atoms with Gasteiger partial charge < -0.3 is 0 Å². The number of aromatic nitrogens is 1. The van der Waals surface area contributed by atoms with E-state index in [1.165, 1.54) is 17.4 Å². The number of aryl methyl sites for hydroxylation is 2. The largest absolute Gasteiger partial charge is 0.250 e. The number of rotatable bonds is 5. The summed E-state index contributed by atoms with van der Waals surface area (Å²) in [5.74, 6) is 0. The zero-order valence-electron chi connectivity index (χ0n) is 13.0. The molecule has 0 aliphatic carbocycles. The van der Waals surface area contributed by atoms with Crippen molar-refractivity contribution in [2.24, 2.45) is 0 Å². The Balaban J connectivity index is 1.81. The number of thiazole rings is 1. The van der Waals surface area contributed by atoms with Gasteiger partial charge in [-0.05, 0) is 31.5 Å². The van der Waals surface area contributed by atoms with Crippen LogP contribution in [0.25, 0.3) is 10.6 Å². The smallest absolute Gasteiger partial charge is 0.241 e. The average Bonchev–Trinajstić information content (AvgIpc) is 3.12. The summed E-state index contributed by atoms with van der Waals surface area (Å²) < 4.78 is 27.9. The highest BCUT2D eigenvalue weighted by Gasteiger charge is 2.18. The molecule has 2 aromatic heterocycles. The van der Waals surface area contributed by atoms with Crippen LogP contribution in [0.3, 0.4) is 0 Å².